The van der Waals surface area contributed by atoms with Crippen molar-refractivity contribution in [2.45, 2.75) is 53.0 Å². The van der Waals surface area contributed by atoms with E-state index in [1.807, 2.05) is 37.3 Å². The van der Waals surface area contributed by atoms with E-state index in [4.69, 9.17) is 4.74 Å². The van der Waals surface area contributed by atoms with Gasteiger partial charge in [-0.25, -0.2) is 4.79 Å². The SMILES string of the molecule is CCOC(=O)c1c(C)[nH]c(C(=O)N2CCC(CC(=O)N[C@@H](C)c3ccccc3)CC2)c1C. The predicted molar refractivity (Wildman–Crippen MR) is 122 cm³/mol. The molecule has 1 aliphatic rings. The molecule has 7 heteroatoms. The highest BCUT2D eigenvalue weighted by atomic mass is 16.5. The number of aromatic amines is 1. The van der Waals surface area contributed by atoms with E-state index in [0.29, 0.717) is 42.0 Å². The third kappa shape index (κ3) is 5.39. The summed E-state index contributed by atoms with van der Waals surface area (Å²) in [5.41, 5.74) is 3.23. The Balaban J connectivity index is 1.53. The van der Waals surface area contributed by atoms with Gasteiger partial charge in [0.25, 0.3) is 5.91 Å². The van der Waals surface area contributed by atoms with Gasteiger partial charge in [-0.3, -0.25) is 9.59 Å². The van der Waals surface area contributed by atoms with Crippen molar-refractivity contribution in [3.05, 3.63) is 58.4 Å². The molecule has 1 aromatic heterocycles. The average Bonchev–Trinajstić information content (AvgIpc) is 3.08. The summed E-state index contributed by atoms with van der Waals surface area (Å²) in [6.45, 7) is 8.77. The Morgan fingerprint density at radius 3 is 2.44 bits per heavy atom. The number of nitrogens with zero attached hydrogens (tertiary/aromatic N) is 1. The zero-order valence-electron chi connectivity index (χ0n) is 19.4. The van der Waals surface area contributed by atoms with E-state index in [9.17, 15) is 14.4 Å². The number of nitrogens with one attached hydrogen (secondary N) is 2. The summed E-state index contributed by atoms with van der Waals surface area (Å²) >= 11 is 0. The fraction of sp³-hybridized carbons (Fsp3) is 0.480. The second kappa shape index (κ2) is 10.5. The summed E-state index contributed by atoms with van der Waals surface area (Å²) in [5, 5.41) is 3.07. The quantitative estimate of drug-likeness (QED) is 0.640. The number of aryl methyl sites for hydroxylation is 1. The molecule has 0 spiro atoms. The average molecular weight is 440 g/mol. The molecule has 0 radical (unpaired) electrons. The summed E-state index contributed by atoms with van der Waals surface area (Å²) in [6.07, 6.45) is 2.03. The fourth-order valence-electron chi connectivity index (χ4n) is 4.36. The minimum Gasteiger partial charge on any atom is -0.462 e. The van der Waals surface area contributed by atoms with Gasteiger partial charge in [0, 0.05) is 25.2 Å². The first-order valence-electron chi connectivity index (χ1n) is 11.3. The second-order valence-corrected chi connectivity index (χ2v) is 8.49. The smallest absolute Gasteiger partial charge is 0.340 e. The van der Waals surface area contributed by atoms with Crippen LogP contribution in [0.15, 0.2) is 30.3 Å². The van der Waals surface area contributed by atoms with Crippen molar-refractivity contribution in [3.63, 3.8) is 0 Å². The number of carbonyl (C=O) groups is 3. The van der Waals surface area contributed by atoms with Crippen LogP contribution in [0.2, 0.25) is 0 Å². The Bertz CT molecular complexity index is 959. The third-order valence-corrected chi connectivity index (χ3v) is 6.18. The monoisotopic (exact) mass is 439 g/mol. The van der Waals surface area contributed by atoms with E-state index in [2.05, 4.69) is 10.3 Å². The molecule has 172 valence electrons. The zero-order chi connectivity index (χ0) is 23.3. The highest BCUT2D eigenvalue weighted by Crippen LogP contribution is 2.25. The number of benzene rings is 1. The fourth-order valence-corrected chi connectivity index (χ4v) is 4.36. The van der Waals surface area contributed by atoms with Gasteiger partial charge in [-0.05, 0) is 57.6 Å². The van der Waals surface area contributed by atoms with Crippen LogP contribution in [0, 0.1) is 19.8 Å². The standard InChI is InChI=1S/C25H33N3O4/c1-5-32-25(31)22-16(2)23(27-18(22)4)24(30)28-13-11-19(12-14-28)15-21(29)26-17(3)20-9-7-6-8-10-20/h6-10,17,19,27H,5,11-15H2,1-4H3,(H,26,29)/t17-/m0/s1. The molecule has 0 bridgehead atoms. The number of esters is 1. The maximum absolute atomic E-state index is 13.1. The lowest BCUT2D eigenvalue weighted by Gasteiger charge is -2.32. The van der Waals surface area contributed by atoms with E-state index >= 15 is 0 Å². The molecule has 32 heavy (non-hydrogen) atoms. The highest BCUT2D eigenvalue weighted by Gasteiger charge is 2.29. The number of rotatable bonds is 7. The molecule has 7 nitrogen and oxygen atoms in total. The van der Waals surface area contributed by atoms with E-state index in [1.54, 1.807) is 25.7 Å². The molecular formula is C25H33N3O4. The highest BCUT2D eigenvalue weighted by molar-refractivity contribution is 6.00. The molecule has 2 aromatic rings. The minimum atomic E-state index is -0.410. The van der Waals surface area contributed by atoms with Gasteiger partial charge >= 0.3 is 5.97 Å². The number of aromatic nitrogens is 1. The van der Waals surface area contributed by atoms with Crippen LogP contribution in [-0.2, 0) is 9.53 Å². The molecule has 2 N–H and O–H groups in total. The summed E-state index contributed by atoms with van der Waals surface area (Å²) in [4.78, 5) is 42.6. The Kier molecular flexibility index (Phi) is 7.72. The Morgan fingerprint density at radius 1 is 1.16 bits per heavy atom. The zero-order valence-corrected chi connectivity index (χ0v) is 19.4. The summed E-state index contributed by atoms with van der Waals surface area (Å²) < 4.78 is 5.11. The third-order valence-electron chi connectivity index (χ3n) is 6.18. The molecule has 1 aliphatic heterocycles. The lowest BCUT2D eigenvalue weighted by atomic mass is 9.92. The number of ether oxygens (including phenoxy) is 1. The van der Waals surface area contributed by atoms with Gasteiger partial charge in [0.05, 0.1) is 18.2 Å². The van der Waals surface area contributed by atoms with Crippen LogP contribution < -0.4 is 5.32 Å². The van der Waals surface area contributed by atoms with Crippen molar-refractivity contribution in [1.29, 1.82) is 0 Å². The van der Waals surface area contributed by atoms with Crippen molar-refractivity contribution in [2.24, 2.45) is 5.92 Å². The number of likely N-dealkylation sites (tertiary alicyclic amines) is 1. The molecule has 3 rings (SSSR count). The van der Waals surface area contributed by atoms with Crippen molar-refractivity contribution < 1.29 is 19.1 Å². The van der Waals surface area contributed by atoms with Gasteiger partial charge in [0.15, 0.2) is 0 Å². The Morgan fingerprint density at radius 2 is 1.81 bits per heavy atom. The first-order valence-corrected chi connectivity index (χ1v) is 11.3. The molecule has 1 saturated heterocycles. The first kappa shape index (κ1) is 23.6. The lowest BCUT2D eigenvalue weighted by Crippen LogP contribution is -2.40. The molecule has 2 amide bonds. The normalized spacial score (nSPS) is 15.3. The molecule has 0 unspecified atom stereocenters. The summed E-state index contributed by atoms with van der Waals surface area (Å²) in [5.74, 6) is -0.223. The summed E-state index contributed by atoms with van der Waals surface area (Å²) in [7, 11) is 0. The molecule has 1 aromatic carbocycles. The topological polar surface area (TPSA) is 91.5 Å². The largest absolute Gasteiger partial charge is 0.462 e. The predicted octanol–water partition coefficient (Wildman–Crippen LogP) is 3.93. The molecular weight excluding hydrogens is 406 g/mol. The van der Waals surface area contributed by atoms with Crippen LogP contribution in [0.25, 0.3) is 0 Å². The van der Waals surface area contributed by atoms with Gasteiger partial charge < -0.3 is 19.9 Å². The van der Waals surface area contributed by atoms with E-state index in [-0.39, 0.29) is 30.4 Å². The van der Waals surface area contributed by atoms with Crippen LogP contribution in [-0.4, -0.2) is 47.4 Å². The number of piperidine rings is 1. The van der Waals surface area contributed by atoms with Crippen molar-refractivity contribution in [1.82, 2.24) is 15.2 Å². The van der Waals surface area contributed by atoms with Gasteiger partial charge in [0.1, 0.15) is 5.69 Å². The number of hydrogen-bond acceptors (Lipinski definition) is 4. The number of carbonyl (C=O) groups excluding carboxylic acids is 3. The van der Waals surface area contributed by atoms with Crippen molar-refractivity contribution in [3.8, 4) is 0 Å². The number of hydrogen-bond donors (Lipinski definition) is 2. The molecule has 1 fully saturated rings. The summed E-state index contributed by atoms with van der Waals surface area (Å²) in [6, 6.07) is 9.87. The van der Waals surface area contributed by atoms with Crippen LogP contribution in [0.1, 0.15) is 76.8 Å². The van der Waals surface area contributed by atoms with E-state index in [0.717, 1.165) is 18.4 Å². The van der Waals surface area contributed by atoms with Gasteiger partial charge in [0.2, 0.25) is 5.91 Å². The van der Waals surface area contributed by atoms with Crippen LogP contribution in [0.4, 0.5) is 0 Å². The Hall–Kier alpha value is -3.09. The molecule has 1 atom stereocenters. The van der Waals surface area contributed by atoms with Crippen LogP contribution in [0.3, 0.4) is 0 Å². The minimum absolute atomic E-state index is 0.0296. The van der Waals surface area contributed by atoms with Crippen molar-refractivity contribution in [2.75, 3.05) is 19.7 Å². The first-order chi connectivity index (χ1) is 15.3. The van der Waals surface area contributed by atoms with E-state index in [1.165, 1.54) is 0 Å². The van der Waals surface area contributed by atoms with Crippen LogP contribution >= 0.6 is 0 Å². The van der Waals surface area contributed by atoms with Crippen molar-refractivity contribution >= 4 is 17.8 Å². The molecule has 0 aliphatic carbocycles. The van der Waals surface area contributed by atoms with Gasteiger partial charge in [-0.2, -0.15) is 0 Å². The van der Waals surface area contributed by atoms with Crippen LogP contribution in [0.5, 0.6) is 0 Å². The molecule has 0 saturated carbocycles. The maximum atomic E-state index is 13.1. The maximum Gasteiger partial charge on any atom is 0.340 e. The Labute approximate surface area is 189 Å². The van der Waals surface area contributed by atoms with E-state index < -0.39 is 5.97 Å². The molecule has 2 heterocycles. The second-order valence-electron chi connectivity index (χ2n) is 8.49. The number of amides is 2. The van der Waals surface area contributed by atoms with Gasteiger partial charge in [-0.15, -0.1) is 0 Å². The number of H-pyrrole nitrogens is 1. The lowest BCUT2D eigenvalue weighted by molar-refractivity contribution is -0.122. The van der Waals surface area contributed by atoms with Gasteiger partial charge in [-0.1, -0.05) is 30.3 Å².